The lowest BCUT2D eigenvalue weighted by molar-refractivity contribution is 1.26. The number of rotatable bonds is 2. The standard InChI is InChI=1S/C12H9N3/c13-9-12-11(7-4-8-14-12)15-10-5-2-1-3-6-10/h1-8,15H. The van der Waals surface area contributed by atoms with Gasteiger partial charge in [0, 0.05) is 11.9 Å². The highest BCUT2D eigenvalue weighted by molar-refractivity contribution is 5.63. The number of pyridine rings is 1. The predicted octanol–water partition coefficient (Wildman–Crippen LogP) is 2.70. The van der Waals surface area contributed by atoms with Crippen molar-refractivity contribution in [1.29, 1.82) is 5.26 Å². The van der Waals surface area contributed by atoms with E-state index >= 15 is 0 Å². The molecule has 0 amide bonds. The summed E-state index contributed by atoms with van der Waals surface area (Å²) >= 11 is 0. The molecule has 0 atom stereocenters. The molecule has 0 aliphatic rings. The van der Waals surface area contributed by atoms with Gasteiger partial charge < -0.3 is 5.32 Å². The van der Waals surface area contributed by atoms with E-state index in [1.54, 1.807) is 12.3 Å². The van der Waals surface area contributed by atoms with E-state index in [-0.39, 0.29) is 0 Å². The second kappa shape index (κ2) is 4.25. The molecular weight excluding hydrogens is 186 g/mol. The lowest BCUT2D eigenvalue weighted by atomic mass is 10.2. The third-order valence-electron chi connectivity index (χ3n) is 1.97. The van der Waals surface area contributed by atoms with Crippen molar-refractivity contribution < 1.29 is 0 Å². The molecule has 0 radical (unpaired) electrons. The summed E-state index contributed by atoms with van der Waals surface area (Å²) in [7, 11) is 0. The lowest BCUT2D eigenvalue weighted by Gasteiger charge is -2.06. The molecule has 1 aromatic heterocycles. The molecule has 0 fully saturated rings. The quantitative estimate of drug-likeness (QED) is 0.801. The summed E-state index contributed by atoms with van der Waals surface area (Å²) in [5.74, 6) is 0. The Hall–Kier alpha value is -2.34. The van der Waals surface area contributed by atoms with Gasteiger partial charge in [-0.2, -0.15) is 5.26 Å². The summed E-state index contributed by atoms with van der Waals surface area (Å²) in [6.07, 6.45) is 1.61. The third kappa shape index (κ3) is 2.12. The van der Waals surface area contributed by atoms with E-state index in [0.717, 1.165) is 11.4 Å². The van der Waals surface area contributed by atoms with Crippen molar-refractivity contribution in [2.24, 2.45) is 0 Å². The Bertz CT molecular complexity index is 486. The summed E-state index contributed by atoms with van der Waals surface area (Å²) in [6, 6.07) is 15.4. The minimum atomic E-state index is 0.404. The Balaban J connectivity index is 2.29. The van der Waals surface area contributed by atoms with Gasteiger partial charge in [0.25, 0.3) is 0 Å². The molecule has 3 heteroatoms. The maximum atomic E-state index is 8.84. The van der Waals surface area contributed by atoms with Crippen molar-refractivity contribution in [3.63, 3.8) is 0 Å². The van der Waals surface area contributed by atoms with Gasteiger partial charge >= 0.3 is 0 Å². The zero-order valence-electron chi connectivity index (χ0n) is 8.01. The fourth-order valence-corrected chi connectivity index (χ4v) is 1.27. The van der Waals surface area contributed by atoms with Gasteiger partial charge in [-0.15, -0.1) is 0 Å². The van der Waals surface area contributed by atoms with Crippen LogP contribution in [-0.2, 0) is 0 Å². The van der Waals surface area contributed by atoms with Crippen LogP contribution in [-0.4, -0.2) is 4.98 Å². The number of nitriles is 1. The van der Waals surface area contributed by atoms with E-state index in [2.05, 4.69) is 10.3 Å². The zero-order chi connectivity index (χ0) is 10.5. The van der Waals surface area contributed by atoms with E-state index in [1.807, 2.05) is 42.5 Å². The molecule has 1 aromatic carbocycles. The molecule has 0 spiro atoms. The number of nitrogens with zero attached hydrogens (tertiary/aromatic N) is 2. The second-order valence-electron chi connectivity index (χ2n) is 3.00. The van der Waals surface area contributed by atoms with Crippen LogP contribution in [0.25, 0.3) is 0 Å². The Morgan fingerprint density at radius 3 is 2.60 bits per heavy atom. The van der Waals surface area contributed by atoms with Crippen molar-refractivity contribution in [2.45, 2.75) is 0 Å². The molecule has 0 saturated carbocycles. The van der Waals surface area contributed by atoms with Crippen molar-refractivity contribution in [2.75, 3.05) is 5.32 Å². The first kappa shape index (κ1) is 9.22. The van der Waals surface area contributed by atoms with Gasteiger partial charge in [0.15, 0.2) is 5.69 Å². The molecule has 1 heterocycles. The largest absolute Gasteiger partial charge is 0.353 e. The molecular formula is C12H9N3. The summed E-state index contributed by atoms with van der Waals surface area (Å²) in [4.78, 5) is 3.97. The molecule has 15 heavy (non-hydrogen) atoms. The fourth-order valence-electron chi connectivity index (χ4n) is 1.27. The van der Waals surface area contributed by atoms with Crippen LogP contribution >= 0.6 is 0 Å². The van der Waals surface area contributed by atoms with Gasteiger partial charge in [0.1, 0.15) is 6.07 Å². The van der Waals surface area contributed by atoms with E-state index < -0.39 is 0 Å². The van der Waals surface area contributed by atoms with Crippen LogP contribution in [0.15, 0.2) is 48.7 Å². The van der Waals surface area contributed by atoms with E-state index in [0.29, 0.717) is 5.69 Å². The summed E-state index contributed by atoms with van der Waals surface area (Å²) in [5.41, 5.74) is 2.08. The maximum Gasteiger partial charge on any atom is 0.163 e. The van der Waals surface area contributed by atoms with Crippen LogP contribution in [0.2, 0.25) is 0 Å². The van der Waals surface area contributed by atoms with Crippen LogP contribution < -0.4 is 5.32 Å². The summed E-state index contributed by atoms with van der Waals surface area (Å²) in [6.45, 7) is 0. The first-order chi connectivity index (χ1) is 7.40. The average molecular weight is 195 g/mol. The monoisotopic (exact) mass is 195 g/mol. The van der Waals surface area contributed by atoms with Crippen LogP contribution in [0.1, 0.15) is 5.69 Å². The van der Waals surface area contributed by atoms with Gasteiger partial charge in [0.05, 0.1) is 5.69 Å². The van der Waals surface area contributed by atoms with Crippen LogP contribution in [0.4, 0.5) is 11.4 Å². The molecule has 0 aliphatic heterocycles. The third-order valence-corrected chi connectivity index (χ3v) is 1.97. The number of anilines is 2. The predicted molar refractivity (Wildman–Crippen MR) is 58.7 cm³/mol. The Labute approximate surface area is 88.0 Å². The van der Waals surface area contributed by atoms with E-state index in [1.165, 1.54) is 0 Å². The van der Waals surface area contributed by atoms with Crippen molar-refractivity contribution >= 4 is 11.4 Å². The van der Waals surface area contributed by atoms with Gasteiger partial charge in [-0.05, 0) is 24.3 Å². The van der Waals surface area contributed by atoms with Gasteiger partial charge in [-0.3, -0.25) is 0 Å². The van der Waals surface area contributed by atoms with Crippen molar-refractivity contribution in [3.8, 4) is 6.07 Å². The average Bonchev–Trinajstić information content (AvgIpc) is 2.31. The molecule has 0 aliphatic carbocycles. The molecule has 72 valence electrons. The Morgan fingerprint density at radius 2 is 1.87 bits per heavy atom. The molecule has 1 N–H and O–H groups in total. The smallest absolute Gasteiger partial charge is 0.163 e. The fraction of sp³-hybridized carbons (Fsp3) is 0. The summed E-state index contributed by atoms with van der Waals surface area (Å²) < 4.78 is 0. The SMILES string of the molecule is N#Cc1ncccc1Nc1ccccc1. The molecule has 3 nitrogen and oxygen atoms in total. The molecule has 2 rings (SSSR count). The normalized spacial score (nSPS) is 9.27. The number of benzene rings is 1. The minimum absolute atomic E-state index is 0.404. The first-order valence-electron chi connectivity index (χ1n) is 4.57. The highest BCUT2D eigenvalue weighted by atomic mass is 14.9. The topological polar surface area (TPSA) is 48.7 Å². The Morgan fingerprint density at radius 1 is 1.07 bits per heavy atom. The van der Waals surface area contributed by atoms with Crippen LogP contribution in [0.5, 0.6) is 0 Å². The number of nitrogens with one attached hydrogen (secondary N) is 1. The number of hydrogen-bond donors (Lipinski definition) is 1. The lowest BCUT2D eigenvalue weighted by Crippen LogP contribution is -1.94. The van der Waals surface area contributed by atoms with Crippen molar-refractivity contribution in [3.05, 3.63) is 54.4 Å². The van der Waals surface area contributed by atoms with Gasteiger partial charge in [-0.25, -0.2) is 4.98 Å². The zero-order valence-corrected chi connectivity index (χ0v) is 8.01. The van der Waals surface area contributed by atoms with Crippen molar-refractivity contribution in [1.82, 2.24) is 4.98 Å². The maximum absolute atomic E-state index is 8.84. The minimum Gasteiger partial charge on any atom is -0.353 e. The van der Waals surface area contributed by atoms with E-state index in [4.69, 9.17) is 5.26 Å². The number of para-hydroxylation sites is 1. The molecule has 0 bridgehead atoms. The Kier molecular flexibility index (Phi) is 2.61. The van der Waals surface area contributed by atoms with Gasteiger partial charge in [0.2, 0.25) is 0 Å². The van der Waals surface area contributed by atoms with Gasteiger partial charge in [-0.1, -0.05) is 18.2 Å². The van der Waals surface area contributed by atoms with Crippen LogP contribution in [0, 0.1) is 11.3 Å². The number of hydrogen-bond acceptors (Lipinski definition) is 3. The summed E-state index contributed by atoms with van der Waals surface area (Å²) in [5, 5.41) is 12.0. The highest BCUT2D eigenvalue weighted by Gasteiger charge is 2.01. The molecule has 0 saturated heterocycles. The number of aromatic nitrogens is 1. The first-order valence-corrected chi connectivity index (χ1v) is 4.57. The molecule has 2 aromatic rings. The van der Waals surface area contributed by atoms with E-state index in [9.17, 15) is 0 Å². The van der Waals surface area contributed by atoms with Crippen LogP contribution in [0.3, 0.4) is 0 Å². The second-order valence-corrected chi connectivity index (χ2v) is 3.00. The highest BCUT2D eigenvalue weighted by Crippen LogP contribution is 2.17. The molecule has 0 unspecified atom stereocenters.